The Balaban J connectivity index is 1.17. The molecule has 7 nitrogen and oxygen atoms in total. The highest BCUT2D eigenvalue weighted by Gasteiger charge is 2.74. The lowest BCUT2D eigenvalue weighted by Crippen LogP contribution is -3.21. The van der Waals surface area contributed by atoms with Gasteiger partial charge in [-0.25, -0.2) is 0 Å². The van der Waals surface area contributed by atoms with E-state index in [0.29, 0.717) is 36.5 Å². The minimum atomic E-state index is -4.80. The summed E-state index contributed by atoms with van der Waals surface area (Å²) < 4.78 is 48.3. The first-order chi connectivity index (χ1) is 19.5. The van der Waals surface area contributed by atoms with Crippen molar-refractivity contribution >= 4 is 12.0 Å². The Morgan fingerprint density at radius 2 is 2.07 bits per heavy atom. The van der Waals surface area contributed by atoms with Gasteiger partial charge in [0.1, 0.15) is 23.5 Å². The van der Waals surface area contributed by atoms with Crippen molar-refractivity contribution in [3.8, 4) is 17.2 Å². The van der Waals surface area contributed by atoms with Crippen LogP contribution in [0.4, 0.5) is 13.2 Å². The van der Waals surface area contributed by atoms with Gasteiger partial charge in [-0.1, -0.05) is 18.2 Å². The monoisotopic (exact) mass is 571 g/mol. The van der Waals surface area contributed by atoms with Crippen LogP contribution in [-0.4, -0.2) is 71.3 Å². The molecule has 3 N–H and O–H groups in total. The summed E-state index contributed by atoms with van der Waals surface area (Å²) in [5, 5.41) is 23.5. The van der Waals surface area contributed by atoms with E-state index in [4.69, 9.17) is 4.74 Å². The topological polar surface area (TPSA) is 83.7 Å². The molecule has 1 spiro atoms. The van der Waals surface area contributed by atoms with Crippen molar-refractivity contribution in [2.24, 2.45) is 5.92 Å². The fourth-order valence-electron chi connectivity index (χ4n) is 8.28. The Kier molecular flexibility index (Phi) is 5.93. The van der Waals surface area contributed by atoms with Gasteiger partial charge in [0, 0.05) is 56.3 Å². The average Bonchev–Trinajstić information content (AvgIpc) is 3.66. The van der Waals surface area contributed by atoms with Crippen molar-refractivity contribution in [3.05, 3.63) is 59.2 Å². The molecule has 0 radical (unpaired) electrons. The molecule has 2 aromatic carbocycles. The molecule has 1 saturated heterocycles. The van der Waals surface area contributed by atoms with Crippen LogP contribution >= 0.6 is 0 Å². The molecule has 2 bridgehead atoms. The highest BCUT2D eigenvalue weighted by atomic mass is 19.4. The van der Waals surface area contributed by atoms with Crippen molar-refractivity contribution in [2.45, 2.75) is 74.1 Å². The summed E-state index contributed by atoms with van der Waals surface area (Å²) in [6.45, 7) is 1.98. The third kappa shape index (κ3) is 4.21. The number of phenolic OH excluding ortho intramolecular Hbond substituents is 1. The summed E-state index contributed by atoms with van der Waals surface area (Å²) in [5.74, 6) is 0.581. The van der Waals surface area contributed by atoms with E-state index in [9.17, 15) is 28.2 Å². The number of phenols is 1. The molecule has 2 unspecified atom stereocenters. The summed E-state index contributed by atoms with van der Waals surface area (Å²) in [4.78, 5) is 16.4. The first kappa shape index (κ1) is 26.6. The number of aromatic hydroxyl groups is 1. The van der Waals surface area contributed by atoms with Crippen molar-refractivity contribution in [1.29, 1.82) is 0 Å². The van der Waals surface area contributed by atoms with E-state index < -0.39 is 17.4 Å². The predicted molar refractivity (Wildman–Crippen MR) is 143 cm³/mol. The number of carbonyl (C=O) groups excluding carboxylic acids is 1. The lowest BCUT2D eigenvalue weighted by Gasteiger charge is -2.62. The van der Waals surface area contributed by atoms with Crippen LogP contribution in [0.5, 0.6) is 17.2 Å². The van der Waals surface area contributed by atoms with Crippen molar-refractivity contribution in [3.63, 3.8) is 0 Å². The summed E-state index contributed by atoms with van der Waals surface area (Å²) >= 11 is 0. The van der Waals surface area contributed by atoms with Crippen LogP contribution in [0.15, 0.2) is 42.5 Å². The highest BCUT2D eigenvalue weighted by Crippen LogP contribution is 2.64. The Bertz CT molecular complexity index is 1420. The molecule has 7 rings (SSSR count). The maximum Gasteiger partial charge on any atom is 0.573 e. The number of carbonyl (C=O) groups is 1. The number of rotatable bonds is 6. The molecule has 0 aromatic heterocycles. The molecule has 3 fully saturated rings. The Hall–Kier alpha value is -3.24. The third-order valence-electron chi connectivity index (χ3n) is 10.3. The van der Waals surface area contributed by atoms with Gasteiger partial charge >= 0.3 is 6.36 Å². The molecule has 218 valence electrons. The summed E-state index contributed by atoms with van der Waals surface area (Å²) in [7, 11) is 1.69. The summed E-state index contributed by atoms with van der Waals surface area (Å²) in [5.41, 5.74) is 0.761. The van der Waals surface area contributed by atoms with Crippen LogP contribution in [0.25, 0.3) is 6.08 Å². The number of quaternary nitrogens is 1. The Labute approximate surface area is 236 Å². The lowest BCUT2D eigenvalue weighted by molar-refractivity contribution is -0.944. The number of hydrogen-bond donors (Lipinski definition) is 3. The molecule has 1 amide bonds. The number of amides is 1. The quantitative estimate of drug-likeness (QED) is 0.465. The third-order valence-corrected chi connectivity index (χ3v) is 10.3. The second kappa shape index (κ2) is 9.13. The second-order valence-electron chi connectivity index (χ2n) is 12.5. The van der Waals surface area contributed by atoms with Crippen LogP contribution in [0.2, 0.25) is 0 Å². The Morgan fingerprint density at radius 3 is 2.83 bits per heavy atom. The molecule has 41 heavy (non-hydrogen) atoms. The maximum atomic E-state index is 13.3. The van der Waals surface area contributed by atoms with Crippen LogP contribution in [0, 0.1) is 5.92 Å². The number of piperidine rings is 1. The van der Waals surface area contributed by atoms with Crippen molar-refractivity contribution in [2.75, 3.05) is 20.1 Å². The zero-order valence-corrected chi connectivity index (χ0v) is 22.8. The molecule has 6 atom stereocenters. The van der Waals surface area contributed by atoms with E-state index >= 15 is 0 Å². The number of halogens is 3. The first-order valence-electron chi connectivity index (χ1n) is 14.4. The zero-order valence-electron chi connectivity index (χ0n) is 22.8. The number of benzene rings is 2. The van der Waals surface area contributed by atoms with Crippen molar-refractivity contribution in [1.82, 2.24) is 4.90 Å². The molecule has 2 aliphatic heterocycles. The van der Waals surface area contributed by atoms with E-state index in [-0.39, 0.29) is 35.6 Å². The van der Waals surface area contributed by atoms with Gasteiger partial charge in [-0.2, -0.15) is 0 Å². The second-order valence-corrected chi connectivity index (χ2v) is 12.5. The number of nitrogens with one attached hydrogen (secondary N) is 1. The van der Waals surface area contributed by atoms with Gasteiger partial charge in [0.2, 0.25) is 5.91 Å². The first-order valence-corrected chi connectivity index (χ1v) is 14.4. The minimum absolute atomic E-state index is 0.0378. The molecule has 2 heterocycles. The largest absolute Gasteiger partial charge is 0.573 e. The molecule has 10 heteroatoms. The molecule has 2 aromatic rings. The number of likely N-dealkylation sites (N-methyl/N-ethyl adjacent to an activating group) is 1. The van der Waals surface area contributed by atoms with Crippen LogP contribution in [-0.2, 0) is 16.6 Å². The molecular formula is C31H34F3N2O5+. The Morgan fingerprint density at radius 1 is 1.27 bits per heavy atom. The molecule has 5 aliphatic rings. The van der Waals surface area contributed by atoms with E-state index in [0.717, 1.165) is 30.6 Å². The number of hydrogen-bond acceptors (Lipinski definition) is 5. The fraction of sp³-hybridized carbons (Fsp3) is 0.516. The van der Waals surface area contributed by atoms with Gasteiger partial charge in [0.15, 0.2) is 11.5 Å². The van der Waals surface area contributed by atoms with Crippen LogP contribution in [0.1, 0.15) is 48.8 Å². The minimum Gasteiger partial charge on any atom is -0.504 e. The number of nitrogens with zero attached hydrogens (tertiary/aromatic N) is 1. The standard InChI is InChI=1S/C31H33F3N2O5/c1-35(26(38)10-7-18-3-2-4-22(13-18)41-31(32,33)34)21-15-25-29-11-12-36(17-19-5-6-19)24(30(29,39)16-21)14-20-8-9-23(37)28(40-25)27(20)29/h2-4,7-10,13,19,21,24-25,37,39H,5-6,11-12,14-17H2,1H3/p+1/b10-7+/t21-,24+,25-,29+,30?/m0/s1. The van der Waals surface area contributed by atoms with Crippen LogP contribution in [0.3, 0.4) is 0 Å². The van der Waals surface area contributed by atoms with Gasteiger partial charge in [0.05, 0.1) is 18.5 Å². The fourth-order valence-corrected chi connectivity index (χ4v) is 8.28. The lowest BCUT2D eigenvalue weighted by atomic mass is 9.48. The molecule has 2 saturated carbocycles. The van der Waals surface area contributed by atoms with Crippen molar-refractivity contribution < 1.29 is 42.6 Å². The number of likely N-dealkylation sites (tertiary alicyclic amines) is 1. The summed E-state index contributed by atoms with van der Waals surface area (Å²) in [6, 6.07) is 8.76. The van der Waals surface area contributed by atoms with Gasteiger partial charge in [-0.3, -0.25) is 4.79 Å². The number of aliphatic hydroxyl groups is 1. The van der Waals surface area contributed by atoms with Gasteiger partial charge < -0.3 is 29.5 Å². The maximum absolute atomic E-state index is 13.3. The van der Waals surface area contributed by atoms with Crippen LogP contribution < -0.4 is 14.4 Å². The van der Waals surface area contributed by atoms with Gasteiger partial charge in [0.25, 0.3) is 0 Å². The van der Waals surface area contributed by atoms with E-state index in [2.05, 4.69) is 4.74 Å². The summed E-state index contributed by atoms with van der Waals surface area (Å²) in [6.07, 6.45) is 2.44. The predicted octanol–water partition coefficient (Wildman–Crippen LogP) is 2.98. The van der Waals surface area contributed by atoms with E-state index in [1.54, 1.807) is 24.1 Å². The SMILES string of the molecule is CN(C(=O)/C=C/c1cccc(OC(F)(F)F)c1)[C@H]1C[C@@H]2Oc3c(O)ccc4c3[C@@]23CC[NH+](CC2CC2)[C@H](C4)C3(O)C1. The molecule has 3 aliphatic carbocycles. The zero-order chi connectivity index (χ0) is 28.7. The van der Waals surface area contributed by atoms with Gasteiger partial charge in [-0.15, -0.1) is 13.2 Å². The van der Waals surface area contributed by atoms with E-state index in [1.807, 2.05) is 6.07 Å². The highest BCUT2D eigenvalue weighted by molar-refractivity contribution is 5.92. The molecular weight excluding hydrogens is 537 g/mol. The normalized spacial score (nSPS) is 33.3. The number of ether oxygens (including phenoxy) is 2. The number of alkyl halides is 3. The van der Waals surface area contributed by atoms with E-state index in [1.165, 1.54) is 48.1 Å². The smallest absolute Gasteiger partial charge is 0.504 e. The average molecular weight is 572 g/mol. The van der Waals surface area contributed by atoms with Gasteiger partial charge in [-0.05, 0) is 48.2 Å².